The fraction of sp³-hybridized carbons (Fsp3) is 0.250. The van der Waals surface area contributed by atoms with Gasteiger partial charge in [0.1, 0.15) is 5.82 Å². The fourth-order valence-corrected chi connectivity index (χ4v) is 2.36. The predicted molar refractivity (Wildman–Crippen MR) is 83.5 cm³/mol. The van der Waals surface area contributed by atoms with Crippen LogP contribution in [0, 0.1) is 5.82 Å². The van der Waals surface area contributed by atoms with E-state index in [2.05, 4.69) is 15.9 Å². The van der Waals surface area contributed by atoms with Crippen molar-refractivity contribution >= 4 is 21.6 Å². The molecule has 0 aromatic heterocycles. The van der Waals surface area contributed by atoms with Gasteiger partial charge < -0.3 is 10.0 Å². The smallest absolute Gasteiger partial charge is 0.127 e. The Bertz CT molecular complexity index is 601. The Labute approximate surface area is 127 Å². The summed E-state index contributed by atoms with van der Waals surface area (Å²) >= 11 is 3.22. The third-order valence-electron chi connectivity index (χ3n) is 3.20. The largest absolute Gasteiger partial charge is 0.388 e. The lowest BCUT2D eigenvalue weighted by Crippen LogP contribution is -2.10. The topological polar surface area (TPSA) is 23.5 Å². The van der Waals surface area contributed by atoms with Crippen LogP contribution in [-0.4, -0.2) is 19.2 Å². The maximum atomic E-state index is 13.8. The van der Waals surface area contributed by atoms with Crippen molar-refractivity contribution in [2.45, 2.75) is 12.5 Å². The highest BCUT2D eigenvalue weighted by Gasteiger charge is 2.12. The van der Waals surface area contributed by atoms with Gasteiger partial charge in [0.05, 0.1) is 6.10 Å². The van der Waals surface area contributed by atoms with E-state index >= 15 is 0 Å². The Kier molecular flexibility index (Phi) is 4.78. The molecule has 0 saturated heterocycles. The summed E-state index contributed by atoms with van der Waals surface area (Å²) < 4.78 is 14.5. The van der Waals surface area contributed by atoms with Crippen LogP contribution in [0.3, 0.4) is 0 Å². The first kappa shape index (κ1) is 15.0. The van der Waals surface area contributed by atoms with Crippen LogP contribution in [0.2, 0.25) is 0 Å². The lowest BCUT2D eigenvalue weighted by molar-refractivity contribution is 0.177. The van der Waals surface area contributed by atoms with Crippen LogP contribution in [-0.2, 0) is 6.42 Å². The highest BCUT2D eigenvalue weighted by atomic mass is 79.9. The molecule has 0 aliphatic rings. The van der Waals surface area contributed by atoms with Gasteiger partial charge in [0.2, 0.25) is 0 Å². The SMILES string of the molecule is CN(C)c1cccc(C(O)Cc2ccc(Br)cc2F)c1. The minimum atomic E-state index is -0.717. The van der Waals surface area contributed by atoms with Crippen molar-refractivity contribution in [3.05, 3.63) is 63.9 Å². The van der Waals surface area contributed by atoms with E-state index in [0.717, 1.165) is 11.3 Å². The third kappa shape index (κ3) is 3.58. The number of aliphatic hydroxyl groups is 1. The molecule has 1 N–H and O–H groups in total. The molecule has 0 heterocycles. The van der Waals surface area contributed by atoms with Crippen LogP contribution in [0.15, 0.2) is 46.9 Å². The van der Waals surface area contributed by atoms with Crippen molar-refractivity contribution in [2.75, 3.05) is 19.0 Å². The quantitative estimate of drug-likeness (QED) is 0.913. The second-order valence-corrected chi connectivity index (χ2v) is 5.86. The van der Waals surface area contributed by atoms with Gasteiger partial charge in [-0.2, -0.15) is 0 Å². The Morgan fingerprint density at radius 3 is 2.60 bits per heavy atom. The number of nitrogens with zero attached hydrogens (tertiary/aromatic N) is 1. The summed E-state index contributed by atoms with van der Waals surface area (Å²) in [6.45, 7) is 0. The first-order valence-electron chi connectivity index (χ1n) is 6.36. The van der Waals surface area contributed by atoms with Gasteiger partial charge >= 0.3 is 0 Å². The molecule has 1 unspecified atom stereocenters. The summed E-state index contributed by atoms with van der Waals surface area (Å²) in [6, 6.07) is 12.5. The molecule has 0 spiro atoms. The molecule has 2 aromatic rings. The van der Waals surface area contributed by atoms with E-state index < -0.39 is 6.10 Å². The highest BCUT2D eigenvalue weighted by molar-refractivity contribution is 9.10. The molecule has 0 amide bonds. The minimum Gasteiger partial charge on any atom is -0.388 e. The molecule has 106 valence electrons. The monoisotopic (exact) mass is 337 g/mol. The standard InChI is InChI=1S/C16H17BrFNO/c1-19(2)14-5-3-4-12(8-14)16(20)9-11-6-7-13(17)10-15(11)18/h3-8,10,16,20H,9H2,1-2H3. The van der Waals surface area contributed by atoms with Crippen LogP contribution in [0.25, 0.3) is 0 Å². The summed E-state index contributed by atoms with van der Waals surface area (Å²) in [5, 5.41) is 10.3. The number of halogens is 2. The van der Waals surface area contributed by atoms with Gasteiger partial charge in [-0.3, -0.25) is 0 Å². The minimum absolute atomic E-state index is 0.260. The van der Waals surface area contributed by atoms with E-state index in [1.165, 1.54) is 6.07 Å². The molecule has 2 aromatic carbocycles. The Morgan fingerprint density at radius 1 is 1.20 bits per heavy atom. The molecule has 0 fully saturated rings. The van der Waals surface area contributed by atoms with Crippen molar-refractivity contribution in [3.63, 3.8) is 0 Å². The number of benzene rings is 2. The van der Waals surface area contributed by atoms with Crippen LogP contribution in [0.4, 0.5) is 10.1 Å². The summed E-state index contributed by atoms with van der Waals surface area (Å²) in [5.41, 5.74) is 2.31. The van der Waals surface area contributed by atoms with E-state index in [1.807, 2.05) is 43.3 Å². The van der Waals surface area contributed by atoms with Gasteiger partial charge in [-0.15, -0.1) is 0 Å². The molecular weight excluding hydrogens is 321 g/mol. The Hall–Kier alpha value is -1.39. The molecular formula is C16H17BrFNO. The summed E-state index contributed by atoms with van der Waals surface area (Å²) in [7, 11) is 3.89. The van der Waals surface area contributed by atoms with Crippen LogP contribution < -0.4 is 4.90 Å². The molecule has 0 radical (unpaired) electrons. The van der Waals surface area contributed by atoms with Gasteiger partial charge in [0.25, 0.3) is 0 Å². The molecule has 2 nitrogen and oxygen atoms in total. The van der Waals surface area contributed by atoms with Gasteiger partial charge in [-0.1, -0.05) is 34.1 Å². The molecule has 0 bridgehead atoms. The number of hydrogen-bond donors (Lipinski definition) is 1. The van der Waals surface area contributed by atoms with E-state index in [0.29, 0.717) is 10.0 Å². The number of rotatable bonds is 4. The summed E-state index contributed by atoms with van der Waals surface area (Å²) in [4.78, 5) is 1.97. The zero-order valence-electron chi connectivity index (χ0n) is 11.5. The van der Waals surface area contributed by atoms with E-state index in [9.17, 15) is 9.50 Å². The zero-order valence-corrected chi connectivity index (χ0v) is 13.1. The molecule has 2 rings (SSSR count). The zero-order chi connectivity index (χ0) is 14.7. The third-order valence-corrected chi connectivity index (χ3v) is 3.69. The maximum Gasteiger partial charge on any atom is 0.127 e. The fourth-order valence-electron chi connectivity index (χ4n) is 2.02. The first-order valence-corrected chi connectivity index (χ1v) is 7.16. The van der Waals surface area contributed by atoms with Crippen LogP contribution in [0.5, 0.6) is 0 Å². The molecule has 1 atom stereocenters. The number of hydrogen-bond acceptors (Lipinski definition) is 2. The van der Waals surface area contributed by atoms with Gasteiger partial charge in [0.15, 0.2) is 0 Å². The molecule has 0 aliphatic heterocycles. The van der Waals surface area contributed by atoms with Gasteiger partial charge in [-0.05, 0) is 35.4 Å². The second-order valence-electron chi connectivity index (χ2n) is 4.95. The van der Waals surface area contributed by atoms with Gasteiger partial charge in [-0.25, -0.2) is 4.39 Å². The maximum absolute atomic E-state index is 13.8. The van der Waals surface area contributed by atoms with Crippen molar-refractivity contribution in [3.8, 4) is 0 Å². The van der Waals surface area contributed by atoms with Crippen molar-refractivity contribution in [1.82, 2.24) is 0 Å². The average Bonchev–Trinajstić information content (AvgIpc) is 2.42. The molecule has 20 heavy (non-hydrogen) atoms. The normalized spacial score (nSPS) is 12.2. The summed E-state index contributed by atoms with van der Waals surface area (Å²) in [6.07, 6.45) is -0.457. The predicted octanol–water partition coefficient (Wildman–Crippen LogP) is 3.93. The second kappa shape index (κ2) is 6.37. The van der Waals surface area contributed by atoms with E-state index in [4.69, 9.17) is 0 Å². The molecule has 0 saturated carbocycles. The molecule has 0 aliphatic carbocycles. The van der Waals surface area contributed by atoms with Crippen LogP contribution >= 0.6 is 15.9 Å². The molecule has 4 heteroatoms. The van der Waals surface area contributed by atoms with Crippen molar-refractivity contribution in [2.24, 2.45) is 0 Å². The summed E-state index contributed by atoms with van der Waals surface area (Å²) in [5.74, 6) is -0.304. The lowest BCUT2D eigenvalue weighted by Gasteiger charge is -2.16. The van der Waals surface area contributed by atoms with Crippen molar-refractivity contribution < 1.29 is 9.50 Å². The lowest BCUT2D eigenvalue weighted by atomic mass is 10.0. The first-order chi connectivity index (χ1) is 9.47. The average molecular weight is 338 g/mol. The van der Waals surface area contributed by atoms with Crippen LogP contribution in [0.1, 0.15) is 17.2 Å². The van der Waals surface area contributed by atoms with Gasteiger partial charge in [0, 0.05) is 30.7 Å². The number of anilines is 1. The van der Waals surface area contributed by atoms with E-state index in [-0.39, 0.29) is 12.2 Å². The Balaban J connectivity index is 2.19. The van der Waals surface area contributed by atoms with Crippen molar-refractivity contribution in [1.29, 1.82) is 0 Å². The Morgan fingerprint density at radius 2 is 1.95 bits per heavy atom. The van der Waals surface area contributed by atoms with E-state index in [1.54, 1.807) is 12.1 Å². The number of aliphatic hydroxyl groups excluding tert-OH is 1. The highest BCUT2D eigenvalue weighted by Crippen LogP contribution is 2.24.